The van der Waals surface area contributed by atoms with Crippen molar-refractivity contribution in [3.8, 4) is 0 Å². The smallest absolute Gasteiger partial charge is 0.335 e. The summed E-state index contributed by atoms with van der Waals surface area (Å²) in [6.45, 7) is 3.96. The van der Waals surface area contributed by atoms with Crippen molar-refractivity contribution in [3.63, 3.8) is 0 Å². The monoisotopic (exact) mass is 296 g/mol. The molecule has 0 spiro atoms. The molecule has 5 heteroatoms. The summed E-state index contributed by atoms with van der Waals surface area (Å²) in [6, 6.07) is 9.74. The second kappa shape index (κ2) is 11.3. The van der Waals surface area contributed by atoms with Crippen molar-refractivity contribution >= 4 is 5.97 Å². The maximum atomic E-state index is 11.9. The number of hydrogen-bond acceptors (Lipinski definition) is 5. The maximum Gasteiger partial charge on any atom is 0.335 e. The minimum atomic E-state index is -0.599. The number of rotatable bonds is 11. The van der Waals surface area contributed by atoms with Gasteiger partial charge in [-0.25, -0.2) is 4.79 Å². The predicted molar refractivity (Wildman–Crippen MR) is 79.2 cm³/mol. The molecule has 0 aliphatic heterocycles. The number of hydrogen-bond donors (Lipinski definition) is 0. The van der Waals surface area contributed by atoms with Crippen molar-refractivity contribution in [1.29, 1.82) is 0 Å². The zero-order valence-corrected chi connectivity index (χ0v) is 12.7. The van der Waals surface area contributed by atoms with E-state index in [1.807, 2.05) is 30.3 Å². The van der Waals surface area contributed by atoms with E-state index in [0.717, 1.165) is 5.56 Å². The molecule has 0 aliphatic rings. The second-order valence-corrected chi connectivity index (χ2v) is 4.41. The number of ether oxygens (including phenoxy) is 4. The molecule has 0 bridgehead atoms. The van der Waals surface area contributed by atoms with Gasteiger partial charge < -0.3 is 18.9 Å². The summed E-state index contributed by atoms with van der Waals surface area (Å²) in [4.78, 5) is 11.9. The Morgan fingerprint density at radius 1 is 1.10 bits per heavy atom. The summed E-state index contributed by atoms with van der Waals surface area (Å²) in [7, 11) is 1.62. The molecule has 0 fully saturated rings. The van der Waals surface area contributed by atoms with E-state index in [1.165, 1.54) is 0 Å². The average molecular weight is 296 g/mol. The van der Waals surface area contributed by atoms with E-state index < -0.39 is 6.10 Å². The molecule has 0 N–H and O–H groups in total. The number of esters is 1. The van der Waals surface area contributed by atoms with Crippen LogP contribution in [0.4, 0.5) is 0 Å². The third kappa shape index (κ3) is 7.80. The van der Waals surface area contributed by atoms with Crippen molar-refractivity contribution in [3.05, 3.63) is 35.9 Å². The highest BCUT2D eigenvalue weighted by Crippen LogP contribution is 2.08. The third-order valence-electron chi connectivity index (χ3n) is 2.79. The summed E-state index contributed by atoms with van der Waals surface area (Å²) in [5.74, 6) is -0.335. The highest BCUT2D eigenvalue weighted by atomic mass is 16.6. The number of methoxy groups -OCH3 is 1. The molecule has 1 atom stereocenters. The van der Waals surface area contributed by atoms with E-state index in [9.17, 15) is 4.79 Å². The van der Waals surface area contributed by atoms with Crippen LogP contribution in [-0.2, 0) is 30.2 Å². The Bertz CT molecular complexity index is 380. The molecule has 118 valence electrons. The van der Waals surface area contributed by atoms with Gasteiger partial charge in [-0.15, -0.1) is 0 Å². The van der Waals surface area contributed by atoms with Gasteiger partial charge in [0.1, 0.15) is 0 Å². The average Bonchev–Trinajstić information content (AvgIpc) is 2.50. The van der Waals surface area contributed by atoms with Gasteiger partial charge in [0, 0.05) is 13.5 Å². The largest absolute Gasteiger partial charge is 0.464 e. The van der Waals surface area contributed by atoms with Gasteiger partial charge in [-0.05, 0) is 12.5 Å². The predicted octanol–water partition coefficient (Wildman–Crippen LogP) is 1.84. The quantitative estimate of drug-likeness (QED) is 0.461. The van der Waals surface area contributed by atoms with Crippen LogP contribution < -0.4 is 0 Å². The molecule has 1 unspecified atom stereocenters. The van der Waals surface area contributed by atoms with Crippen LogP contribution in [0.1, 0.15) is 12.5 Å². The van der Waals surface area contributed by atoms with Crippen LogP contribution >= 0.6 is 0 Å². The van der Waals surface area contributed by atoms with Gasteiger partial charge >= 0.3 is 5.97 Å². The van der Waals surface area contributed by atoms with Gasteiger partial charge in [-0.1, -0.05) is 30.3 Å². The van der Waals surface area contributed by atoms with E-state index in [2.05, 4.69) is 0 Å². The number of benzene rings is 1. The SMILES string of the molecule is CCOC(=O)C(Cc1ccccc1)OCCOCCOC. The van der Waals surface area contributed by atoms with Crippen molar-refractivity contribution in [2.75, 3.05) is 40.1 Å². The van der Waals surface area contributed by atoms with Gasteiger partial charge in [-0.3, -0.25) is 0 Å². The fourth-order valence-corrected chi connectivity index (χ4v) is 1.77. The van der Waals surface area contributed by atoms with E-state index >= 15 is 0 Å². The van der Waals surface area contributed by atoms with Crippen LogP contribution in [0, 0.1) is 0 Å². The van der Waals surface area contributed by atoms with E-state index in [-0.39, 0.29) is 5.97 Å². The molecule has 0 saturated heterocycles. The van der Waals surface area contributed by atoms with Crippen LogP contribution in [0.5, 0.6) is 0 Å². The van der Waals surface area contributed by atoms with Crippen LogP contribution in [-0.4, -0.2) is 52.2 Å². The Kier molecular flexibility index (Phi) is 9.44. The highest BCUT2D eigenvalue weighted by molar-refractivity contribution is 5.75. The van der Waals surface area contributed by atoms with Crippen molar-refractivity contribution in [1.82, 2.24) is 0 Å². The Hall–Kier alpha value is -1.43. The zero-order valence-electron chi connectivity index (χ0n) is 12.7. The lowest BCUT2D eigenvalue weighted by Crippen LogP contribution is -2.30. The highest BCUT2D eigenvalue weighted by Gasteiger charge is 2.20. The number of carbonyl (C=O) groups is 1. The summed E-state index contributed by atoms with van der Waals surface area (Å²) >= 11 is 0. The van der Waals surface area contributed by atoms with Crippen molar-refractivity contribution in [2.45, 2.75) is 19.4 Å². The minimum Gasteiger partial charge on any atom is -0.464 e. The molecule has 1 rings (SSSR count). The Balaban J connectivity index is 2.40. The van der Waals surface area contributed by atoms with E-state index in [4.69, 9.17) is 18.9 Å². The standard InChI is InChI=1S/C16H24O5/c1-3-20-16(17)15(13-14-7-5-4-6-8-14)21-12-11-19-10-9-18-2/h4-8,15H,3,9-13H2,1-2H3. The van der Waals surface area contributed by atoms with Gasteiger partial charge in [-0.2, -0.15) is 0 Å². The molecule has 1 aromatic rings. The molecule has 0 radical (unpaired) electrons. The molecular formula is C16H24O5. The molecule has 0 aliphatic carbocycles. The fraction of sp³-hybridized carbons (Fsp3) is 0.562. The molecule has 0 saturated carbocycles. The lowest BCUT2D eigenvalue weighted by Gasteiger charge is -2.16. The third-order valence-corrected chi connectivity index (χ3v) is 2.79. The topological polar surface area (TPSA) is 54.0 Å². The Morgan fingerprint density at radius 2 is 1.81 bits per heavy atom. The molecule has 0 aromatic heterocycles. The maximum absolute atomic E-state index is 11.9. The molecule has 1 aromatic carbocycles. The molecule has 21 heavy (non-hydrogen) atoms. The summed E-state index contributed by atoms with van der Waals surface area (Å²) < 4.78 is 20.8. The fourth-order valence-electron chi connectivity index (χ4n) is 1.77. The molecular weight excluding hydrogens is 272 g/mol. The van der Waals surface area contributed by atoms with Crippen LogP contribution in [0.15, 0.2) is 30.3 Å². The minimum absolute atomic E-state index is 0.335. The Morgan fingerprint density at radius 3 is 2.48 bits per heavy atom. The van der Waals surface area contributed by atoms with Gasteiger partial charge in [0.05, 0.1) is 33.0 Å². The van der Waals surface area contributed by atoms with Gasteiger partial charge in [0.25, 0.3) is 0 Å². The van der Waals surface area contributed by atoms with Gasteiger partial charge in [0.2, 0.25) is 0 Å². The molecule has 5 nitrogen and oxygen atoms in total. The molecule has 0 amide bonds. The first kappa shape index (κ1) is 17.6. The van der Waals surface area contributed by atoms with E-state index in [1.54, 1.807) is 14.0 Å². The zero-order chi connectivity index (χ0) is 15.3. The second-order valence-electron chi connectivity index (χ2n) is 4.41. The summed E-state index contributed by atoms with van der Waals surface area (Å²) in [6.07, 6.45) is -0.101. The van der Waals surface area contributed by atoms with E-state index in [0.29, 0.717) is 39.5 Å². The van der Waals surface area contributed by atoms with Crippen molar-refractivity contribution < 1.29 is 23.7 Å². The van der Waals surface area contributed by atoms with Crippen LogP contribution in [0.2, 0.25) is 0 Å². The lowest BCUT2D eigenvalue weighted by molar-refractivity contribution is -0.157. The first-order valence-corrected chi connectivity index (χ1v) is 7.16. The summed E-state index contributed by atoms with van der Waals surface area (Å²) in [5, 5.41) is 0. The lowest BCUT2D eigenvalue weighted by atomic mass is 10.1. The van der Waals surface area contributed by atoms with Crippen LogP contribution in [0.3, 0.4) is 0 Å². The first-order valence-electron chi connectivity index (χ1n) is 7.16. The van der Waals surface area contributed by atoms with Gasteiger partial charge in [0.15, 0.2) is 6.10 Å². The number of carbonyl (C=O) groups excluding carboxylic acids is 1. The van der Waals surface area contributed by atoms with Crippen LogP contribution in [0.25, 0.3) is 0 Å². The first-order chi connectivity index (χ1) is 10.3. The van der Waals surface area contributed by atoms with Crippen molar-refractivity contribution in [2.24, 2.45) is 0 Å². The Labute approximate surface area is 126 Å². The summed E-state index contributed by atoms with van der Waals surface area (Å²) in [5.41, 5.74) is 1.04. The normalized spacial score (nSPS) is 12.1. The molecule has 0 heterocycles.